The van der Waals surface area contributed by atoms with Crippen LogP contribution in [-0.4, -0.2) is 31.6 Å². The van der Waals surface area contributed by atoms with E-state index < -0.39 is 13.9 Å². The van der Waals surface area contributed by atoms with Gasteiger partial charge in [-0.3, -0.25) is 0 Å². The molecule has 0 aliphatic heterocycles. The summed E-state index contributed by atoms with van der Waals surface area (Å²) in [4.78, 5) is 8.89. The number of aliphatic carboxylic acids is 1. The lowest BCUT2D eigenvalue weighted by molar-refractivity contribution is -0.883. The van der Waals surface area contributed by atoms with E-state index in [-0.39, 0.29) is 0 Å². The number of benzene rings is 3. The molecule has 0 heterocycles. The zero-order valence-corrected chi connectivity index (χ0v) is 17.9. The summed E-state index contributed by atoms with van der Waals surface area (Å²) in [6, 6.07) is 30.8. The molecule has 0 aliphatic rings. The molecule has 0 aromatic heterocycles. The number of nitrogens with zero attached hydrogens (tertiary/aromatic N) is 1. The molecule has 28 heavy (non-hydrogen) atoms. The van der Waals surface area contributed by atoms with Crippen molar-refractivity contribution < 1.29 is 14.4 Å². The monoisotopic (exact) mass is 393 g/mol. The summed E-state index contributed by atoms with van der Waals surface area (Å²) in [6.45, 7) is 2.01. The van der Waals surface area contributed by atoms with Crippen molar-refractivity contribution in [3.8, 4) is 0 Å². The van der Waals surface area contributed by atoms with E-state index in [2.05, 4.69) is 106 Å². The maximum atomic E-state index is 8.89. The highest BCUT2D eigenvalue weighted by molar-refractivity contribution is 7.79. The maximum absolute atomic E-state index is 8.89. The Hall–Kier alpha value is -2.48. The molecule has 0 radical (unpaired) electrons. The van der Waals surface area contributed by atoms with Crippen molar-refractivity contribution in [1.29, 1.82) is 0 Å². The Balaban J connectivity index is 0.000000640. The van der Waals surface area contributed by atoms with Crippen LogP contribution in [0.5, 0.6) is 0 Å². The number of hydrogen-bond acceptors (Lipinski definition) is 2. The molecule has 4 heteroatoms. The topological polar surface area (TPSA) is 40.1 Å². The Morgan fingerprint density at radius 1 is 0.786 bits per heavy atom. The van der Waals surface area contributed by atoms with E-state index >= 15 is 0 Å². The molecule has 3 rings (SSSR count). The fourth-order valence-corrected chi connectivity index (χ4v) is 5.42. The second kappa shape index (κ2) is 10.2. The van der Waals surface area contributed by atoms with Crippen LogP contribution in [0, 0.1) is 0 Å². The van der Waals surface area contributed by atoms with E-state index in [0.717, 1.165) is 18.0 Å². The highest BCUT2D eigenvalue weighted by atomic mass is 31.1. The first-order valence-electron chi connectivity index (χ1n) is 9.24. The normalized spacial score (nSPS) is 10.9. The highest BCUT2D eigenvalue weighted by Gasteiger charge is 2.21. The van der Waals surface area contributed by atoms with E-state index in [0.29, 0.717) is 0 Å². The second-order valence-electron chi connectivity index (χ2n) is 7.58. The van der Waals surface area contributed by atoms with Crippen LogP contribution in [0.3, 0.4) is 0 Å². The van der Waals surface area contributed by atoms with Crippen molar-refractivity contribution in [2.75, 3.05) is 21.1 Å². The molecule has 0 unspecified atom stereocenters. The SMILES string of the molecule is CC(=O)[O-].C[N+](C)(C)Cc1ccccc1P(c1ccccc1)c1ccccc1. The van der Waals surface area contributed by atoms with Gasteiger partial charge in [-0.05, 0) is 30.8 Å². The Labute approximate surface area is 169 Å². The minimum Gasteiger partial charge on any atom is -0.550 e. The number of rotatable bonds is 5. The number of quaternary nitrogens is 1. The third-order valence-electron chi connectivity index (χ3n) is 3.91. The lowest BCUT2D eigenvalue weighted by atomic mass is 10.2. The van der Waals surface area contributed by atoms with Crippen LogP contribution in [0.2, 0.25) is 0 Å². The molecule has 0 bridgehead atoms. The van der Waals surface area contributed by atoms with E-state index in [1.165, 1.54) is 21.5 Å². The van der Waals surface area contributed by atoms with Crippen molar-refractivity contribution in [1.82, 2.24) is 0 Å². The molecular formula is C24H28NO2P. The molecule has 0 aliphatic carbocycles. The molecular weight excluding hydrogens is 365 g/mol. The van der Waals surface area contributed by atoms with Gasteiger partial charge in [0.15, 0.2) is 0 Å². The van der Waals surface area contributed by atoms with Gasteiger partial charge in [-0.1, -0.05) is 84.9 Å². The molecule has 3 nitrogen and oxygen atoms in total. The molecule has 3 aromatic rings. The number of carboxylic acid groups (broad SMARTS) is 1. The molecule has 0 amide bonds. The van der Waals surface area contributed by atoms with Crippen LogP contribution >= 0.6 is 7.92 Å². The number of carbonyl (C=O) groups is 1. The van der Waals surface area contributed by atoms with Gasteiger partial charge in [0.25, 0.3) is 0 Å². The van der Waals surface area contributed by atoms with Crippen LogP contribution in [-0.2, 0) is 11.3 Å². The Morgan fingerprint density at radius 3 is 1.61 bits per heavy atom. The quantitative estimate of drug-likeness (QED) is 0.493. The van der Waals surface area contributed by atoms with Gasteiger partial charge in [0.1, 0.15) is 6.54 Å². The Kier molecular flexibility index (Phi) is 7.92. The van der Waals surface area contributed by atoms with Crippen molar-refractivity contribution in [3.05, 3.63) is 90.5 Å². The smallest absolute Gasteiger partial charge is 0.104 e. The van der Waals surface area contributed by atoms with Gasteiger partial charge in [-0.25, -0.2) is 0 Å². The fourth-order valence-electron chi connectivity index (χ4n) is 2.96. The van der Waals surface area contributed by atoms with Crippen molar-refractivity contribution >= 4 is 29.8 Å². The molecule has 0 spiro atoms. The molecule has 0 fully saturated rings. The molecule has 0 N–H and O–H groups in total. The van der Waals surface area contributed by atoms with Gasteiger partial charge >= 0.3 is 0 Å². The minimum absolute atomic E-state index is 0.530. The number of hydrogen-bond donors (Lipinski definition) is 0. The zero-order chi connectivity index (χ0) is 20.6. The third-order valence-corrected chi connectivity index (χ3v) is 6.45. The van der Waals surface area contributed by atoms with E-state index in [1.54, 1.807) is 0 Å². The van der Waals surface area contributed by atoms with Gasteiger partial charge in [-0.2, -0.15) is 0 Å². The fraction of sp³-hybridized carbons (Fsp3) is 0.208. The zero-order valence-electron chi connectivity index (χ0n) is 17.0. The molecule has 0 atom stereocenters. The summed E-state index contributed by atoms with van der Waals surface area (Å²) in [6.07, 6.45) is 0. The Morgan fingerprint density at radius 2 is 1.18 bits per heavy atom. The van der Waals surface area contributed by atoms with E-state index in [9.17, 15) is 0 Å². The van der Waals surface area contributed by atoms with Gasteiger partial charge in [0, 0.05) is 11.5 Å². The number of carbonyl (C=O) groups excluding carboxylic acids is 1. The van der Waals surface area contributed by atoms with Crippen LogP contribution in [0.15, 0.2) is 84.9 Å². The first kappa shape index (κ1) is 21.8. The summed E-state index contributed by atoms with van der Waals surface area (Å²) in [5.41, 5.74) is 1.45. The molecule has 0 saturated carbocycles. The highest BCUT2D eigenvalue weighted by Crippen LogP contribution is 2.34. The summed E-state index contributed by atoms with van der Waals surface area (Å²) >= 11 is 0. The third kappa shape index (κ3) is 6.92. The molecule has 3 aromatic carbocycles. The van der Waals surface area contributed by atoms with E-state index in [1.807, 2.05) is 0 Å². The van der Waals surface area contributed by atoms with Gasteiger partial charge in [-0.15, -0.1) is 0 Å². The summed E-state index contributed by atoms with van der Waals surface area (Å²) in [7, 11) is 6.23. The van der Waals surface area contributed by atoms with Crippen molar-refractivity contribution in [2.45, 2.75) is 13.5 Å². The summed E-state index contributed by atoms with van der Waals surface area (Å²) in [5, 5.41) is 13.2. The minimum atomic E-state index is -1.08. The molecule has 146 valence electrons. The van der Waals surface area contributed by atoms with E-state index in [4.69, 9.17) is 9.90 Å². The van der Waals surface area contributed by atoms with Gasteiger partial charge in [0.05, 0.1) is 21.1 Å². The summed E-state index contributed by atoms with van der Waals surface area (Å²) < 4.78 is 0.934. The predicted molar refractivity (Wildman–Crippen MR) is 118 cm³/mol. The standard InChI is InChI=1S/C22H25NP.C2H4O2/c1-23(2,3)18-19-12-10-11-17-22(19)24(20-13-6-4-7-14-20)21-15-8-5-9-16-21;1-2(3)4/h4-17H,18H2,1-3H3;1H3,(H,3,4)/q+1;/p-1. The van der Waals surface area contributed by atoms with Gasteiger partial charge in [0.2, 0.25) is 0 Å². The average molecular weight is 393 g/mol. The maximum Gasteiger partial charge on any atom is 0.104 e. The van der Waals surface area contributed by atoms with Crippen LogP contribution < -0.4 is 21.0 Å². The lowest BCUT2D eigenvalue weighted by Gasteiger charge is -2.28. The first-order valence-corrected chi connectivity index (χ1v) is 10.6. The van der Waals surface area contributed by atoms with Crippen molar-refractivity contribution in [2.24, 2.45) is 0 Å². The van der Waals surface area contributed by atoms with Crippen LogP contribution in [0.25, 0.3) is 0 Å². The second-order valence-corrected chi connectivity index (χ2v) is 9.76. The molecule has 0 saturated heterocycles. The Bertz CT molecular complexity index is 830. The van der Waals surface area contributed by atoms with Gasteiger partial charge < -0.3 is 14.4 Å². The predicted octanol–water partition coefficient (Wildman–Crippen LogP) is 2.41. The van der Waals surface area contributed by atoms with Crippen LogP contribution in [0.1, 0.15) is 12.5 Å². The average Bonchev–Trinajstić information content (AvgIpc) is 2.64. The van der Waals surface area contributed by atoms with Crippen molar-refractivity contribution in [3.63, 3.8) is 0 Å². The number of carboxylic acids is 1. The largest absolute Gasteiger partial charge is 0.550 e. The van der Waals surface area contributed by atoms with Crippen LogP contribution in [0.4, 0.5) is 0 Å². The lowest BCUT2D eigenvalue weighted by Crippen LogP contribution is -2.36. The summed E-state index contributed by atoms with van der Waals surface area (Å²) in [5.74, 6) is -1.08. The first-order chi connectivity index (χ1) is 13.3.